The van der Waals surface area contributed by atoms with Gasteiger partial charge in [0.2, 0.25) is 11.8 Å². The third-order valence-corrected chi connectivity index (χ3v) is 6.07. The average Bonchev–Trinajstić information content (AvgIpc) is 3.59. The Balaban J connectivity index is 2.37. The van der Waals surface area contributed by atoms with Crippen LogP contribution >= 0.6 is 12.6 Å². The van der Waals surface area contributed by atoms with Gasteiger partial charge in [-0.05, 0) is 64.5 Å². The van der Waals surface area contributed by atoms with E-state index < -0.39 is 23.8 Å². The fourth-order valence-corrected chi connectivity index (χ4v) is 4.13. The van der Waals surface area contributed by atoms with Crippen LogP contribution in [0.15, 0.2) is 24.3 Å². The number of rotatable bonds is 11. The summed E-state index contributed by atoms with van der Waals surface area (Å²) in [6.07, 6.45) is 3.64. The van der Waals surface area contributed by atoms with Crippen molar-refractivity contribution in [1.29, 1.82) is 0 Å². The van der Waals surface area contributed by atoms with Gasteiger partial charge in [0.25, 0.3) is 0 Å². The molecule has 1 aliphatic rings. The molecule has 0 bridgehead atoms. The second-order valence-electron chi connectivity index (χ2n) is 10.1. The molecule has 8 heteroatoms. The molecule has 34 heavy (non-hydrogen) atoms. The number of nitrogens with zero attached hydrogens (tertiary/aromatic N) is 1. The van der Waals surface area contributed by atoms with Gasteiger partial charge >= 0.3 is 6.09 Å². The molecular weight excluding hydrogens is 450 g/mol. The minimum Gasteiger partial charge on any atom is -0.444 e. The summed E-state index contributed by atoms with van der Waals surface area (Å²) in [6.45, 7) is 11.4. The van der Waals surface area contributed by atoms with Crippen LogP contribution in [-0.2, 0) is 20.7 Å². The van der Waals surface area contributed by atoms with Gasteiger partial charge in [0, 0.05) is 17.8 Å². The van der Waals surface area contributed by atoms with Gasteiger partial charge < -0.3 is 20.3 Å². The third-order valence-electron chi connectivity index (χ3n) is 5.71. The van der Waals surface area contributed by atoms with Crippen LogP contribution in [0, 0.1) is 0 Å². The number of thiol groups is 1. The molecule has 1 aromatic carbocycles. The van der Waals surface area contributed by atoms with E-state index in [2.05, 4.69) is 37.1 Å². The maximum atomic E-state index is 13.7. The van der Waals surface area contributed by atoms with Crippen LogP contribution in [0.4, 0.5) is 4.79 Å². The van der Waals surface area contributed by atoms with Crippen molar-refractivity contribution in [3.05, 3.63) is 35.4 Å². The van der Waals surface area contributed by atoms with Gasteiger partial charge in [-0.15, -0.1) is 0 Å². The Kier molecular flexibility index (Phi) is 10.3. The zero-order valence-corrected chi connectivity index (χ0v) is 22.3. The molecule has 1 aliphatic carbocycles. The van der Waals surface area contributed by atoms with Crippen LogP contribution in [0.1, 0.15) is 84.4 Å². The molecule has 0 heterocycles. The first-order chi connectivity index (χ1) is 16.0. The topological polar surface area (TPSA) is 87.7 Å². The van der Waals surface area contributed by atoms with Crippen molar-refractivity contribution in [2.75, 3.05) is 5.75 Å². The summed E-state index contributed by atoms with van der Waals surface area (Å²) in [5.41, 5.74) is 1.23. The molecule has 0 saturated heterocycles. The molecule has 1 fully saturated rings. The van der Waals surface area contributed by atoms with Crippen molar-refractivity contribution in [1.82, 2.24) is 15.5 Å². The molecule has 190 valence electrons. The number of hydrogen-bond acceptors (Lipinski definition) is 5. The monoisotopic (exact) mass is 491 g/mol. The van der Waals surface area contributed by atoms with Crippen LogP contribution in [-0.4, -0.2) is 52.3 Å². The molecule has 3 amide bonds. The molecule has 0 spiro atoms. The van der Waals surface area contributed by atoms with Crippen LogP contribution < -0.4 is 10.6 Å². The average molecular weight is 492 g/mol. The number of hydrogen-bond donors (Lipinski definition) is 3. The van der Waals surface area contributed by atoms with Gasteiger partial charge in [-0.2, -0.15) is 12.6 Å². The van der Waals surface area contributed by atoms with Gasteiger partial charge in [-0.3, -0.25) is 9.59 Å². The van der Waals surface area contributed by atoms with Crippen LogP contribution in [0.2, 0.25) is 0 Å². The van der Waals surface area contributed by atoms with E-state index in [-0.39, 0.29) is 29.7 Å². The van der Waals surface area contributed by atoms with E-state index in [0.29, 0.717) is 0 Å². The summed E-state index contributed by atoms with van der Waals surface area (Å²) >= 11 is 4.32. The standard InChI is InChI=1S/C26H41N3O4S/c1-7-9-17(3)27-23(30)22(19-12-10-18(8-2)11-13-19)29(20-14-15-20)24(31)21(16-34)28-25(32)33-26(4,5)6/h10-13,17,20-22,34H,7-9,14-16H2,1-6H3,(H,27,30)(H,28,32). The van der Waals surface area contributed by atoms with Crippen molar-refractivity contribution >= 4 is 30.5 Å². The zero-order valence-electron chi connectivity index (χ0n) is 21.4. The Bertz CT molecular complexity index is 833. The van der Waals surface area contributed by atoms with Crippen LogP contribution in [0.5, 0.6) is 0 Å². The SMILES string of the molecule is CCCC(C)NC(=O)C(c1ccc(CC)cc1)N(C(=O)C(CS)NC(=O)OC(C)(C)C)C1CC1. The molecule has 0 aliphatic heterocycles. The minimum absolute atomic E-state index is 0.00775. The highest BCUT2D eigenvalue weighted by Crippen LogP contribution is 2.36. The van der Waals surface area contributed by atoms with Crippen molar-refractivity contribution in [3.8, 4) is 0 Å². The second-order valence-corrected chi connectivity index (χ2v) is 10.4. The van der Waals surface area contributed by atoms with E-state index in [1.807, 2.05) is 31.2 Å². The van der Waals surface area contributed by atoms with Gasteiger partial charge in [0.1, 0.15) is 17.7 Å². The number of amides is 3. The Morgan fingerprint density at radius 3 is 2.21 bits per heavy atom. The molecular formula is C26H41N3O4S. The van der Waals surface area contributed by atoms with Gasteiger partial charge in [-0.1, -0.05) is 44.5 Å². The Morgan fingerprint density at radius 2 is 1.74 bits per heavy atom. The summed E-state index contributed by atoms with van der Waals surface area (Å²) in [5, 5.41) is 5.74. The fourth-order valence-electron chi connectivity index (χ4n) is 3.89. The fraction of sp³-hybridized carbons (Fsp3) is 0.654. The third kappa shape index (κ3) is 8.22. The predicted molar refractivity (Wildman–Crippen MR) is 138 cm³/mol. The Morgan fingerprint density at radius 1 is 1.12 bits per heavy atom. The quantitative estimate of drug-likeness (QED) is 0.400. The molecule has 3 atom stereocenters. The van der Waals surface area contributed by atoms with Gasteiger partial charge in [-0.25, -0.2) is 4.79 Å². The molecule has 3 unspecified atom stereocenters. The first kappa shape index (κ1) is 28.0. The predicted octanol–water partition coefficient (Wildman–Crippen LogP) is 4.41. The lowest BCUT2D eigenvalue weighted by Gasteiger charge is -2.35. The lowest BCUT2D eigenvalue weighted by atomic mass is 10.00. The van der Waals surface area contributed by atoms with E-state index in [1.165, 1.54) is 0 Å². The van der Waals surface area contributed by atoms with Crippen molar-refractivity contribution in [3.63, 3.8) is 0 Å². The summed E-state index contributed by atoms with van der Waals surface area (Å²) in [6, 6.07) is 6.08. The number of benzene rings is 1. The lowest BCUT2D eigenvalue weighted by Crippen LogP contribution is -2.55. The van der Waals surface area contributed by atoms with E-state index in [0.717, 1.165) is 43.2 Å². The van der Waals surface area contributed by atoms with E-state index in [1.54, 1.807) is 25.7 Å². The largest absolute Gasteiger partial charge is 0.444 e. The number of ether oxygens (including phenoxy) is 1. The molecule has 7 nitrogen and oxygen atoms in total. The lowest BCUT2D eigenvalue weighted by molar-refractivity contribution is -0.143. The van der Waals surface area contributed by atoms with Gasteiger partial charge in [0.05, 0.1) is 0 Å². The summed E-state index contributed by atoms with van der Waals surface area (Å²) in [5.74, 6) is -0.441. The number of carbonyl (C=O) groups excluding carboxylic acids is 3. The number of aryl methyl sites for hydroxylation is 1. The van der Waals surface area contributed by atoms with Crippen molar-refractivity contribution in [2.24, 2.45) is 0 Å². The minimum atomic E-state index is -0.905. The second kappa shape index (κ2) is 12.5. The highest BCUT2D eigenvalue weighted by Gasteiger charge is 2.44. The zero-order chi connectivity index (χ0) is 25.5. The Labute approximate surface area is 209 Å². The molecule has 1 aromatic rings. The molecule has 2 N–H and O–H groups in total. The van der Waals surface area contributed by atoms with Crippen LogP contribution in [0.25, 0.3) is 0 Å². The maximum absolute atomic E-state index is 13.7. The van der Waals surface area contributed by atoms with Crippen molar-refractivity contribution in [2.45, 2.75) is 103 Å². The normalized spacial score (nSPS) is 16.2. The summed E-state index contributed by atoms with van der Waals surface area (Å²) in [4.78, 5) is 41.3. The number of alkyl carbamates (subject to hydrolysis) is 1. The van der Waals surface area contributed by atoms with E-state index in [4.69, 9.17) is 4.74 Å². The van der Waals surface area contributed by atoms with Crippen molar-refractivity contribution < 1.29 is 19.1 Å². The number of carbonyl (C=O) groups is 3. The molecule has 0 radical (unpaired) electrons. The first-order valence-electron chi connectivity index (χ1n) is 12.3. The molecule has 2 rings (SSSR count). The summed E-state index contributed by atoms with van der Waals surface area (Å²) in [7, 11) is 0. The summed E-state index contributed by atoms with van der Waals surface area (Å²) < 4.78 is 5.34. The van der Waals surface area contributed by atoms with E-state index in [9.17, 15) is 14.4 Å². The van der Waals surface area contributed by atoms with E-state index >= 15 is 0 Å². The molecule has 0 aromatic heterocycles. The van der Waals surface area contributed by atoms with Gasteiger partial charge in [0.15, 0.2) is 0 Å². The highest BCUT2D eigenvalue weighted by molar-refractivity contribution is 7.80. The smallest absolute Gasteiger partial charge is 0.408 e. The maximum Gasteiger partial charge on any atom is 0.408 e. The number of nitrogens with one attached hydrogen (secondary N) is 2. The Hall–Kier alpha value is -2.22. The first-order valence-corrected chi connectivity index (χ1v) is 13.0. The van der Waals surface area contributed by atoms with Crippen LogP contribution in [0.3, 0.4) is 0 Å². The highest BCUT2D eigenvalue weighted by atomic mass is 32.1. The molecule has 1 saturated carbocycles.